The van der Waals surface area contributed by atoms with E-state index in [-0.39, 0.29) is 26.4 Å². The van der Waals surface area contributed by atoms with Gasteiger partial charge >= 0.3 is 12.0 Å². The van der Waals surface area contributed by atoms with Crippen molar-refractivity contribution in [2.75, 3.05) is 39.6 Å². The summed E-state index contributed by atoms with van der Waals surface area (Å²) in [6.07, 6.45) is -1.39. The van der Waals surface area contributed by atoms with Crippen molar-refractivity contribution in [3.8, 4) is 0 Å². The highest BCUT2D eigenvalue weighted by atomic mass is 16.5. The quantitative estimate of drug-likeness (QED) is 0.0720. The minimum absolute atomic E-state index is 0.00990. The molecule has 0 aromatic rings. The first kappa shape index (κ1) is 32.0. The Morgan fingerprint density at radius 3 is 1.86 bits per heavy atom. The molecule has 18 nitrogen and oxygen atoms in total. The molecule has 3 atom stereocenters. The van der Waals surface area contributed by atoms with E-state index in [0.29, 0.717) is 0 Å². The van der Waals surface area contributed by atoms with E-state index in [0.717, 1.165) is 0 Å². The lowest BCUT2D eigenvalue weighted by Crippen LogP contribution is -2.55. The summed E-state index contributed by atoms with van der Waals surface area (Å²) >= 11 is 0. The second kappa shape index (κ2) is 17.4. The van der Waals surface area contributed by atoms with Crippen LogP contribution in [0.4, 0.5) is 4.79 Å². The number of ether oxygens (including phenoxy) is 2. The van der Waals surface area contributed by atoms with Gasteiger partial charge in [-0.15, -0.1) is 0 Å². The predicted octanol–water partition coefficient (Wildman–Crippen LogP) is -6.03. The van der Waals surface area contributed by atoms with Crippen molar-refractivity contribution < 1.29 is 53.2 Å². The number of carboxylic acid groups (broad SMARTS) is 1. The lowest BCUT2D eigenvalue weighted by Gasteiger charge is -2.19. The van der Waals surface area contributed by atoms with Gasteiger partial charge in [-0.05, 0) is 0 Å². The van der Waals surface area contributed by atoms with Crippen LogP contribution in [-0.4, -0.2) is 109 Å². The number of aliphatic hydroxyl groups is 1. The number of rotatable bonds is 19. The lowest BCUT2D eigenvalue weighted by molar-refractivity contribution is -0.139. The van der Waals surface area contributed by atoms with E-state index in [1.165, 1.54) is 0 Å². The van der Waals surface area contributed by atoms with E-state index >= 15 is 0 Å². The number of carbonyl (C=O) groups excluding carboxylic acids is 6. The van der Waals surface area contributed by atoms with Crippen LogP contribution in [0.1, 0.15) is 12.8 Å². The topological polar surface area (TPSA) is 305 Å². The van der Waals surface area contributed by atoms with Crippen LogP contribution >= 0.6 is 0 Å². The van der Waals surface area contributed by atoms with Gasteiger partial charge in [-0.25, -0.2) is 4.79 Å². The van der Waals surface area contributed by atoms with Gasteiger partial charge in [-0.2, -0.15) is 0 Å². The van der Waals surface area contributed by atoms with Crippen LogP contribution in [0.3, 0.4) is 0 Å². The van der Waals surface area contributed by atoms with E-state index in [9.17, 15) is 33.6 Å². The van der Waals surface area contributed by atoms with E-state index in [4.69, 9.17) is 36.9 Å². The molecule has 7 amide bonds. The third-order valence-corrected chi connectivity index (χ3v) is 4.07. The number of hydrogen-bond donors (Lipinski definition) is 9. The number of urea groups is 1. The Hall–Kier alpha value is -4.03. The van der Waals surface area contributed by atoms with Gasteiger partial charge in [-0.1, -0.05) is 0 Å². The summed E-state index contributed by atoms with van der Waals surface area (Å²) in [4.78, 5) is 79.9. The third-order valence-electron chi connectivity index (χ3n) is 4.07. The number of nitrogens with one attached hydrogen (secondary N) is 4. The Bertz CT molecular complexity index is 808. The van der Waals surface area contributed by atoms with Gasteiger partial charge < -0.3 is 58.2 Å². The van der Waals surface area contributed by atoms with Gasteiger partial charge in [0.2, 0.25) is 29.5 Å². The summed E-state index contributed by atoms with van der Waals surface area (Å²) in [6, 6.07) is -5.35. The molecule has 0 radical (unpaired) electrons. The molecule has 0 aliphatic heterocycles. The normalized spacial score (nSPS) is 12.9. The van der Waals surface area contributed by atoms with E-state index in [1.54, 1.807) is 0 Å². The minimum atomic E-state index is -1.53. The Morgan fingerprint density at radius 1 is 0.750 bits per heavy atom. The smallest absolute Gasteiger partial charge is 0.316 e. The van der Waals surface area contributed by atoms with Crippen LogP contribution < -0.4 is 38.5 Å². The molecule has 0 aromatic carbocycles. The molecular weight excluding hydrogens is 490 g/mol. The van der Waals surface area contributed by atoms with Crippen molar-refractivity contribution in [2.24, 2.45) is 17.2 Å². The molecule has 18 heteroatoms. The lowest BCUT2D eigenvalue weighted by atomic mass is 10.2. The second-order valence-electron chi connectivity index (χ2n) is 7.05. The monoisotopic (exact) mass is 521 g/mol. The number of primary amides is 3. The van der Waals surface area contributed by atoms with Gasteiger partial charge in [0.15, 0.2) is 0 Å². The van der Waals surface area contributed by atoms with Crippen LogP contribution in [-0.2, 0) is 38.2 Å². The zero-order valence-corrected chi connectivity index (χ0v) is 19.2. The van der Waals surface area contributed by atoms with Crippen molar-refractivity contribution in [3.05, 3.63) is 0 Å². The van der Waals surface area contributed by atoms with Gasteiger partial charge in [0.05, 0.1) is 39.3 Å². The number of nitrogens with two attached hydrogens (primary N) is 3. The van der Waals surface area contributed by atoms with Gasteiger partial charge in [0.25, 0.3) is 0 Å². The molecule has 0 saturated carbocycles. The molecule has 0 saturated heterocycles. The summed E-state index contributed by atoms with van der Waals surface area (Å²) in [7, 11) is 0. The van der Waals surface area contributed by atoms with Crippen molar-refractivity contribution in [1.82, 2.24) is 21.3 Å². The number of amides is 7. The first-order valence-electron chi connectivity index (χ1n) is 10.4. The zero-order valence-electron chi connectivity index (χ0n) is 19.2. The molecule has 0 fully saturated rings. The highest BCUT2D eigenvalue weighted by molar-refractivity contribution is 5.93. The summed E-state index contributed by atoms with van der Waals surface area (Å²) in [5.41, 5.74) is 15.0. The van der Waals surface area contributed by atoms with Crippen LogP contribution in [0.15, 0.2) is 0 Å². The number of aliphatic hydroxyl groups excluding tert-OH is 1. The Balaban J connectivity index is 4.36. The van der Waals surface area contributed by atoms with Crippen molar-refractivity contribution in [2.45, 2.75) is 31.0 Å². The molecule has 12 N–H and O–H groups in total. The first-order valence-corrected chi connectivity index (χ1v) is 10.4. The van der Waals surface area contributed by atoms with Gasteiger partial charge in [0.1, 0.15) is 24.7 Å². The average Bonchev–Trinajstić information content (AvgIpc) is 2.77. The van der Waals surface area contributed by atoms with Crippen molar-refractivity contribution in [1.29, 1.82) is 0 Å². The summed E-state index contributed by atoms with van der Waals surface area (Å²) in [6.45, 7) is -1.23. The molecule has 0 spiro atoms. The van der Waals surface area contributed by atoms with Crippen LogP contribution in [0.25, 0.3) is 0 Å². The highest BCUT2D eigenvalue weighted by Crippen LogP contribution is 1.96. The Kier molecular flexibility index (Phi) is 15.5. The van der Waals surface area contributed by atoms with Crippen LogP contribution in [0.5, 0.6) is 0 Å². The molecule has 0 aliphatic carbocycles. The zero-order chi connectivity index (χ0) is 27.7. The Morgan fingerprint density at radius 2 is 1.33 bits per heavy atom. The molecule has 0 aromatic heterocycles. The number of hydrogen-bond acceptors (Lipinski definition) is 10. The SMILES string of the molecule is NC(=O)C[C@@H](NC(=O)N[C@H](CC(=O)O)C(=O)NCCOCCOCC(=O)N[C@@H](CO)C(N)=O)C(N)=O. The van der Waals surface area contributed by atoms with E-state index < -0.39 is 85.7 Å². The fraction of sp³-hybridized carbons (Fsp3) is 0.611. The molecule has 0 heterocycles. The van der Waals surface area contributed by atoms with Crippen molar-refractivity contribution in [3.63, 3.8) is 0 Å². The minimum Gasteiger partial charge on any atom is -0.481 e. The first-order chi connectivity index (χ1) is 16.9. The van der Waals surface area contributed by atoms with Crippen LogP contribution in [0.2, 0.25) is 0 Å². The molecule has 0 bridgehead atoms. The molecular formula is C18H31N7O11. The molecule has 0 rings (SSSR count). The average molecular weight is 521 g/mol. The van der Waals surface area contributed by atoms with E-state index in [1.807, 2.05) is 5.32 Å². The molecule has 0 unspecified atom stereocenters. The summed E-state index contributed by atoms with van der Waals surface area (Å²) < 4.78 is 10.2. The molecule has 36 heavy (non-hydrogen) atoms. The predicted molar refractivity (Wildman–Crippen MR) is 117 cm³/mol. The number of carboxylic acids is 1. The number of aliphatic carboxylic acids is 1. The van der Waals surface area contributed by atoms with Gasteiger partial charge in [-0.3, -0.25) is 28.8 Å². The maximum absolute atomic E-state index is 12.2. The maximum Gasteiger partial charge on any atom is 0.316 e. The number of carbonyl (C=O) groups is 7. The summed E-state index contributed by atoms with van der Waals surface area (Å²) in [5.74, 6) is -5.86. The summed E-state index contributed by atoms with van der Waals surface area (Å²) in [5, 5.41) is 26.4. The maximum atomic E-state index is 12.2. The fourth-order valence-electron chi connectivity index (χ4n) is 2.36. The third kappa shape index (κ3) is 15.0. The molecule has 204 valence electrons. The fourth-order valence-corrected chi connectivity index (χ4v) is 2.36. The van der Waals surface area contributed by atoms with E-state index in [2.05, 4.69) is 16.0 Å². The van der Waals surface area contributed by atoms with Crippen molar-refractivity contribution >= 4 is 41.5 Å². The molecule has 0 aliphatic rings. The largest absolute Gasteiger partial charge is 0.481 e. The van der Waals surface area contributed by atoms with Gasteiger partial charge in [0, 0.05) is 6.54 Å². The second-order valence-corrected chi connectivity index (χ2v) is 7.05. The Labute approximate surface area is 204 Å². The standard InChI is InChI=1S/C18H31N7O11/c19-12(27)5-9(15(20)31)24-18(34)25-10(6-14(29)30)17(33)22-1-2-35-3-4-36-8-13(28)23-11(7-26)16(21)32/h9-11,26H,1-8H2,(H2,19,27)(H2,20,31)(H2,21,32)(H,22,33)(H,23,28)(H,29,30)(H2,24,25,34)/t9-,10-,11+/m1/s1. The highest BCUT2D eigenvalue weighted by Gasteiger charge is 2.26. The van der Waals surface area contributed by atoms with Crippen LogP contribution in [0, 0.1) is 0 Å².